The summed E-state index contributed by atoms with van der Waals surface area (Å²) in [6.45, 7) is 6.32. The SMILES string of the molecule is CCOc1ccc(C(=O)C(=Cc2cc(OC)cc(OC)c2OC)C(C)C)cc1N. The van der Waals surface area contributed by atoms with Crippen LogP contribution in [0, 0.1) is 5.92 Å². The van der Waals surface area contributed by atoms with E-state index in [0.29, 0.717) is 52.0 Å². The van der Waals surface area contributed by atoms with Gasteiger partial charge in [0.2, 0.25) is 0 Å². The van der Waals surface area contributed by atoms with Gasteiger partial charge in [0.15, 0.2) is 17.3 Å². The summed E-state index contributed by atoms with van der Waals surface area (Å²) >= 11 is 0. The molecule has 0 saturated heterocycles. The third-order valence-corrected chi connectivity index (χ3v) is 4.48. The van der Waals surface area contributed by atoms with Crippen LogP contribution in [0.5, 0.6) is 23.0 Å². The standard InChI is InChI=1S/C23H29NO5/c1-7-29-20-9-8-15(12-19(20)24)22(25)18(14(2)3)11-16-10-17(26-4)13-21(27-5)23(16)28-6/h8-14H,7,24H2,1-6H3. The first-order valence-corrected chi connectivity index (χ1v) is 9.44. The van der Waals surface area contributed by atoms with Crippen LogP contribution >= 0.6 is 0 Å². The minimum atomic E-state index is -0.112. The van der Waals surface area contributed by atoms with E-state index in [1.807, 2.05) is 32.9 Å². The number of anilines is 1. The molecule has 6 heteroatoms. The molecule has 0 amide bonds. The number of rotatable bonds is 9. The fourth-order valence-electron chi connectivity index (χ4n) is 3.00. The molecule has 0 radical (unpaired) electrons. The predicted molar refractivity (Wildman–Crippen MR) is 115 cm³/mol. The zero-order chi connectivity index (χ0) is 21.6. The number of nitrogens with two attached hydrogens (primary N) is 1. The van der Waals surface area contributed by atoms with Crippen molar-refractivity contribution in [2.45, 2.75) is 20.8 Å². The summed E-state index contributed by atoms with van der Waals surface area (Å²) in [4.78, 5) is 13.3. The van der Waals surface area contributed by atoms with Crippen LogP contribution in [0.2, 0.25) is 0 Å². The largest absolute Gasteiger partial charge is 0.497 e. The maximum Gasteiger partial charge on any atom is 0.189 e. The van der Waals surface area contributed by atoms with Gasteiger partial charge in [-0.3, -0.25) is 4.79 Å². The quantitative estimate of drug-likeness (QED) is 0.377. The average Bonchev–Trinajstić information content (AvgIpc) is 2.71. The molecule has 0 aliphatic heterocycles. The van der Waals surface area contributed by atoms with Gasteiger partial charge in [0.25, 0.3) is 0 Å². The molecule has 0 saturated carbocycles. The Bertz CT molecular complexity index is 902. The molecule has 0 heterocycles. The van der Waals surface area contributed by atoms with Gasteiger partial charge in [0.05, 0.1) is 33.6 Å². The summed E-state index contributed by atoms with van der Waals surface area (Å²) in [6.07, 6.45) is 1.81. The van der Waals surface area contributed by atoms with Crippen LogP contribution in [0.15, 0.2) is 35.9 Å². The van der Waals surface area contributed by atoms with Crippen molar-refractivity contribution in [2.24, 2.45) is 5.92 Å². The lowest BCUT2D eigenvalue weighted by Crippen LogP contribution is -2.10. The Labute approximate surface area is 172 Å². The van der Waals surface area contributed by atoms with E-state index in [-0.39, 0.29) is 11.7 Å². The van der Waals surface area contributed by atoms with Crippen LogP contribution in [0.1, 0.15) is 36.7 Å². The zero-order valence-electron chi connectivity index (χ0n) is 17.9. The van der Waals surface area contributed by atoms with Crippen LogP contribution in [0.3, 0.4) is 0 Å². The predicted octanol–water partition coefficient (Wildman–Crippen LogP) is 4.62. The Kier molecular flexibility index (Phi) is 7.53. The summed E-state index contributed by atoms with van der Waals surface area (Å²) < 4.78 is 21.7. The van der Waals surface area contributed by atoms with E-state index in [4.69, 9.17) is 24.7 Å². The molecule has 0 spiro atoms. The van der Waals surface area contributed by atoms with Crippen molar-refractivity contribution in [3.63, 3.8) is 0 Å². The molecule has 0 unspecified atom stereocenters. The van der Waals surface area contributed by atoms with Crippen molar-refractivity contribution in [1.29, 1.82) is 0 Å². The number of hydrogen-bond donors (Lipinski definition) is 1. The van der Waals surface area contributed by atoms with Gasteiger partial charge in [-0.2, -0.15) is 0 Å². The van der Waals surface area contributed by atoms with Gasteiger partial charge >= 0.3 is 0 Å². The molecule has 2 rings (SSSR count). The minimum Gasteiger partial charge on any atom is -0.497 e. The van der Waals surface area contributed by atoms with Crippen LogP contribution in [0.25, 0.3) is 6.08 Å². The fourth-order valence-corrected chi connectivity index (χ4v) is 3.00. The smallest absolute Gasteiger partial charge is 0.189 e. The van der Waals surface area contributed by atoms with E-state index < -0.39 is 0 Å². The first-order chi connectivity index (χ1) is 13.9. The van der Waals surface area contributed by atoms with Crippen LogP contribution in [-0.2, 0) is 0 Å². The lowest BCUT2D eigenvalue weighted by Gasteiger charge is -2.16. The number of ketones is 1. The number of carbonyl (C=O) groups is 1. The number of hydrogen-bond acceptors (Lipinski definition) is 6. The number of ether oxygens (including phenoxy) is 4. The molecule has 0 atom stereocenters. The van der Waals surface area contributed by atoms with Crippen molar-refractivity contribution in [3.05, 3.63) is 47.0 Å². The second-order valence-electron chi connectivity index (χ2n) is 6.72. The molecule has 0 aliphatic carbocycles. The van der Waals surface area contributed by atoms with E-state index in [0.717, 1.165) is 0 Å². The molecule has 0 bridgehead atoms. The normalized spacial score (nSPS) is 11.3. The van der Waals surface area contributed by atoms with Gasteiger partial charge in [-0.15, -0.1) is 0 Å². The third kappa shape index (κ3) is 5.02. The number of methoxy groups -OCH3 is 3. The van der Waals surface area contributed by atoms with Crippen LogP contribution in [0.4, 0.5) is 5.69 Å². The third-order valence-electron chi connectivity index (χ3n) is 4.48. The summed E-state index contributed by atoms with van der Waals surface area (Å²) in [6, 6.07) is 8.64. The van der Waals surface area contributed by atoms with Crippen molar-refractivity contribution in [1.82, 2.24) is 0 Å². The molecule has 6 nitrogen and oxygen atoms in total. The second-order valence-corrected chi connectivity index (χ2v) is 6.72. The number of allylic oxidation sites excluding steroid dienone is 1. The molecule has 0 aliphatic rings. The highest BCUT2D eigenvalue weighted by atomic mass is 16.5. The maximum absolute atomic E-state index is 13.3. The summed E-state index contributed by atoms with van der Waals surface area (Å²) in [7, 11) is 4.69. The van der Waals surface area contributed by atoms with Crippen molar-refractivity contribution in [3.8, 4) is 23.0 Å². The zero-order valence-corrected chi connectivity index (χ0v) is 17.9. The summed E-state index contributed by atoms with van der Waals surface area (Å²) in [5.74, 6) is 2.09. The van der Waals surface area contributed by atoms with Gasteiger partial charge in [-0.05, 0) is 43.2 Å². The minimum absolute atomic E-state index is 0.0304. The number of nitrogen functional groups attached to an aromatic ring is 1. The van der Waals surface area contributed by atoms with Crippen LogP contribution in [-0.4, -0.2) is 33.7 Å². The van der Waals surface area contributed by atoms with Gasteiger partial charge in [-0.25, -0.2) is 0 Å². The van der Waals surface area contributed by atoms with E-state index in [1.165, 1.54) is 0 Å². The lowest BCUT2D eigenvalue weighted by atomic mass is 9.92. The molecule has 0 fully saturated rings. The van der Waals surface area contributed by atoms with Gasteiger partial charge < -0.3 is 24.7 Å². The van der Waals surface area contributed by atoms with E-state index in [2.05, 4.69) is 0 Å². The highest BCUT2D eigenvalue weighted by Gasteiger charge is 2.19. The maximum atomic E-state index is 13.3. The topological polar surface area (TPSA) is 80.0 Å². The molecular formula is C23H29NO5. The van der Waals surface area contributed by atoms with Crippen LogP contribution < -0.4 is 24.7 Å². The monoisotopic (exact) mass is 399 g/mol. The number of benzene rings is 2. The molecule has 2 N–H and O–H groups in total. The van der Waals surface area contributed by atoms with Crippen molar-refractivity contribution in [2.75, 3.05) is 33.7 Å². The van der Waals surface area contributed by atoms with Gasteiger partial charge in [-0.1, -0.05) is 13.8 Å². The summed E-state index contributed by atoms with van der Waals surface area (Å²) in [5.41, 5.74) is 8.28. The highest BCUT2D eigenvalue weighted by Crippen LogP contribution is 2.38. The van der Waals surface area contributed by atoms with E-state index in [1.54, 1.807) is 45.6 Å². The Balaban J connectivity index is 2.55. The molecular weight excluding hydrogens is 370 g/mol. The molecule has 156 valence electrons. The number of Topliss-reactive ketones (excluding diaryl/α,β-unsaturated/α-hetero) is 1. The Morgan fingerprint density at radius 1 is 1.03 bits per heavy atom. The Hall–Kier alpha value is -3.15. The molecule has 2 aromatic rings. The first-order valence-electron chi connectivity index (χ1n) is 9.44. The van der Waals surface area contributed by atoms with Crippen molar-refractivity contribution >= 4 is 17.5 Å². The lowest BCUT2D eigenvalue weighted by molar-refractivity contribution is 0.102. The Morgan fingerprint density at radius 3 is 2.28 bits per heavy atom. The molecule has 0 aromatic heterocycles. The number of carbonyl (C=O) groups excluding carboxylic acids is 1. The molecule has 29 heavy (non-hydrogen) atoms. The van der Waals surface area contributed by atoms with Gasteiger partial charge in [0.1, 0.15) is 11.5 Å². The second kappa shape index (κ2) is 9.87. The molecule has 2 aromatic carbocycles. The van der Waals surface area contributed by atoms with Crippen molar-refractivity contribution < 1.29 is 23.7 Å². The average molecular weight is 399 g/mol. The van der Waals surface area contributed by atoms with E-state index in [9.17, 15) is 4.79 Å². The summed E-state index contributed by atoms with van der Waals surface area (Å²) in [5, 5.41) is 0. The first kappa shape index (κ1) is 22.1. The van der Waals surface area contributed by atoms with Gasteiger partial charge in [0, 0.05) is 22.8 Å². The highest BCUT2D eigenvalue weighted by molar-refractivity contribution is 6.12. The van der Waals surface area contributed by atoms with E-state index >= 15 is 0 Å². The Morgan fingerprint density at radius 2 is 1.76 bits per heavy atom. The fraction of sp³-hybridized carbons (Fsp3) is 0.348.